The fourth-order valence-corrected chi connectivity index (χ4v) is 11.9. The maximum atomic E-state index is 2.80. The van der Waals surface area contributed by atoms with Gasteiger partial charge in [0, 0.05) is 45.1 Å². The molecular formula is C47H50N2. The second kappa shape index (κ2) is 10.5. The first-order valence-corrected chi connectivity index (χ1v) is 19.3. The zero-order valence-electron chi connectivity index (χ0n) is 29.9. The average molecular weight is 643 g/mol. The highest BCUT2D eigenvalue weighted by Crippen LogP contribution is 2.59. The van der Waals surface area contributed by atoms with Crippen LogP contribution in [0.5, 0.6) is 0 Å². The van der Waals surface area contributed by atoms with Crippen LogP contribution in [0.3, 0.4) is 0 Å². The molecule has 5 unspecified atom stereocenters. The zero-order chi connectivity index (χ0) is 33.1. The zero-order valence-corrected chi connectivity index (χ0v) is 29.9. The molecule has 6 aromatic carbocycles. The molecule has 0 saturated heterocycles. The van der Waals surface area contributed by atoms with E-state index in [1.54, 1.807) is 0 Å². The Morgan fingerprint density at radius 1 is 0.551 bits per heavy atom. The normalized spacial score (nSPS) is 29.8. The van der Waals surface area contributed by atoms with Gasteiger partial charge in [-0.2, -0.15) is 0 Å². The Hall–Kier alpha value is -4.04. The molecular weight excluding hydrogens is 593 g/mol. The quantitative estimate of drug-likeness (QED) is 0.173. The van der Waals surface area contributed by atoms with E-state index in [0.29, 0.717) is 17.4 Å². The molecule has 0 radical (unpaired) electrons. The molecule has 0 amide bonds. The summed E-state index contributed by atoms with van der Waals surface area (Å²) in [6, 6.07) is 38.5. The summed E-state index contributed by atoms with van der Waals surface area (Å²) in [5.74, 6) is 0.670. The summed E-state index contributed by atoms with van der Waals surface area (Å²) in [6.07, 6.45) is 12.9. The van der Waals surface area contributed by atoms with E-state index in [0.717, 1.165) is 0 Å². The molecule has 2 fully saturated rings. The van der Waals surface area contributed by atoms with E-state index in [-0.39, 0.29) is 11.0 Å². The van der Waals surface area contributed by atoms with Gasteiger partial charge in [0.05, 0.1) is 0 Å². The molecule has 248 valence electrons. The van der Waals surface area contributed by atoms with Gasteiger partial charge in [-0.1, -0.05) is 112 Å². The summed E-state index contributed by atoms with van der Waals surface area (Å²) >= 11 is 0. The van der Waals surface area contributed by atoms with Gasteiger partial charge < -0.3 is 9.80 Å². The van der Waals surface area contributed by atoms with Crippen LogP contribution in [0.1, 0.15) is 90.2 Å². The van der Waals surface area contributed by atoms with Crippen molar-refractivity contribution in [1.82, 2.24) is 0 Å². The van der Waals surface area contributed by atoms with Gasteiger partial charge in [0.25, 0.3) is 0 Å². The van der Waals surface area contributed by atoms with Crippen LogP contribution in [-0.2, 0) is 12.8 Å². The van der Waals surface area contributed by atoms with Crippen LogP contribution >= 0.6 is 0 Å². The molecule has 2 aliphatic carbocycles. The molecule has 5 atom stereocenters. The second-order valence-electron chi connectivity index (χ2n) is 17.2. The van der Waals surface area contributed by atoms with Crippen molar-refractivity contribution in [3.8, 4) is 0 Å². The standard InChI is InChI=1S/C47H50N2/c1-31-38-15-9-10-26-45(38,2)29-34-13-5-7-16-39(34)48(31)41-24-20-32-19-23-37-42(25-21-33-18-22-36(41)43(32)44(33)37)49-40-17-8-6-14-35(40)30-46(3)27-11-12-28-47(46,49)4/h5-8,13-14,16-25,31,38H,9-12,15,26-30H2,1-4H3. The fraction of sp³-hybridized carbons (Fsp3) is 0.404. The maximum absolute atomic E-state index is 2.80. The Bertz CT molecular complexity index is 2250. The van der Waals surface area contributed by atoms with Gasteiger partial charge in [-0.15, -0.1) is 0 Å². The Morgan fingerprint density at radius 3 is 1.90 bits per heavy atom. The highest BCUT2D eigenvalue weighted by molar-refractivity contribution is 6.27. The third kappa shape index (κ3) is 4.07. The molecule has 2 saturated carbocycles. The van der Waals surface area contributed by atoms with E-state index in [4.69, 9.17) is 0 Å². The van der Waals surface area contributed by atoms with Crippen molar-refractivity contribution in [3.63, 3.8) is 0 Å². The number of nitrogens with zero attached hydrogens (tertiary/aromatic N) is 2. The van der Waals surface area contributed by atoms with E-state index < -0.39 is 0 Å². The Kier molecular flexibility index (Phi) is 6.39. The van der Waals surface area contributed by atoms with E-state index in [1.165, 1.54) is 130 Å². The summed E-state index contributed by atoms with van der Waals surface area (Å²) in [6.45, 7) is 10.3. The molecule has 2 heteroatoms. The van der Waals surface area contributed by atoms with Crippen molar-refractivity contribution in [1.29, 1.82) is 0 Å². The number of hydrogen-bond acceptors (Lipinski definition) is 2. The van der Waals surface area contributed by atoms with E-state index >= 15 is 0 Å². The molecule has 2 nitrogen and oxygen atoms in total. The number of anilines is 4. The molecule has 6 aromatic rings. The predicted molar refractivity (Wildman–Crippen MR) is 209 cm³/mol. The van der Waals surface area contributed by atoms with Gasteiger partial charge in [0.1, 0.15) is 0 Å². The monoisotopic (exact) mass is 642 g/mol. The molecule has 0 aromatic heterocycles. The molecule has 49 heavy (non-hydrogen) atoms. The first-order chi connectivity index (χ1) is 23.8. The SMILES string of the molecule is CC1C2CCCCC2(C)Cc2ccccc2N1c1ccc2ccc3c(N4c5ccccc5CC5(C)CCCCC45C)ccc4ccc1c2c43. The summed E-state index contributed by atoms with van der Waals surface area (Å²) < 4.78 is 0. The number of benzene rings is 6. The van der Waals surface area contributed by atoms with Crippen LogP contribution in [-0.4, -0.2) is 11.6 Å². The minimum Gasteiger partial charge on any atom is -0.338 e. The van der Waals surface area contributed by atoms with E-state index in [9.17, 15) is 0 Å². The van der Waals surface area contributed by atoms with Crippen LogP contribution in [0.15, 0.2) is 97.1 Å². The molecule has 0 N–H and O–H groups in total. The minimum atomic E-state index is 0.0610. The van der Waals surface area contributed by atoms with E-state index in [2.05, 4.69) is 135 Å². The first kappa shape index (κ1) is 29.8. The Balaban J connectivity index is 1.22. The van der Waals surface area contributed by atoms with Crippen molar-refractivity contribution in [2.24, 2.45) is 16.7 Å². The molecule has 2 aliphatic heterocycles. The lowest BCUT2D eigenvalue weighted by atomic mass is 9.57. The smallest absolute Gasteiger partial charge is 0.0496 e. The van der Waals surface area contributed by atoms with Gasteiger partial charge in [0.15, 0.2) is 0 Å². The lowest BCUT2D eigenvalue weighted by Gasteiger charge is -2.60. The largest absolute Gasteiger partial charge is 0.338 e. The van der Waals surface area contributed by atoms with Crippen LogP contribution in [0.4, 0.5) is 22.7 Å². The third-order valence-corrected chi connectivity index (χ3v) is 14.6. The van der Waals surface area contributed by atoms with Crippen LogP contribution in [0.2, 0.25) is 0 Å². The molecule has 2 heterocycles. The number of hydrogen-bond donors (Lipinski definition) is 0. The predicted octanol–water partition coefficient (Wildman–Crippen LogP) is 12.9. The van der Waals surface area contributed by atoms with Gasteiger partial charge in [-0.25, -0.2) is 0 Å². The third-order valence-electron chi connectivity index (χ3n) is 14.6. The summed E-state index contributed by atoms with van der Waals surface area (Å²) in [5.41, 5.74) is 9.23. The molecule has 10 rings (SSSR count). The number of fused-ring (bicyclic) bond motifs is 4. The lowest BCUT2D eigenvalue weighted by molar-refractivity contribution is 0.0864. The van der Waals surface area contributed by atoms with Crippen LogP contribution < -0.4 is 9.80 Å². The van der Waals surface area contributed by atoms with Gasteiger partial charge in [0.2, 0.25) is 0 Å². The topological polar surface area (TPSA) is 6.48 Å². The average Bonchev–Trinajstić information content (AvgIpc) is 3.20. The van der Waals surface area contributed by atoms with Crippen LogP contribution in [0, 0.1) is 16.7 Å². The van der Waals surface area contributed by atoms with E-state index in [1.807, 2.05) is 0 Å². The number of para-hydroxylation sites is 2. The number of rotatable bonds is 2. The maximum Gasteiger partial charge on any atom is 0.0496 e. The summed E-state index contributed by atoms with van der Waals surface area (Å²) in [4.78, 5) is 5.56. The molecule has 4 aliphatic rings. The lowest BCUT2D eigenvalue weighted by Crippen LogP contribution is -2.60. The first-order valence-electron chi connectivity index (χ1n) is 19.3. The highest BCUT2D eigenvalue weighted by Gasteiger charge is 2.54. The second-order valence-corrected chi connectivity index (χ2v) is 17.2. The molecule has 0 bridgehead atoms. The summed E-state index contributed by atoms with van der Waals surface area (Å²) in [7, 11) is 0. The van der Waals surface area contributed by atoms with Gasteiger partial charge in [-0.3, -0.25) is 0 Å². The molecule has 0 spiro atoms. The van der Waals surface area contributed by atoms with Crippen molar-refractivity contribution < 1.29 is 0 Å². The highest BCUT2D eigenvalue weighted by atomic mass is 15.2. The minimum absolute atomic E-state index is 0.0610. The fourth-order valence-electron chi connectivity index (χ4n) is 11.9. The van der Waals surface area contributed by atoms with Crippen molar-refractivity contribution in [2.45, 2.75) is 103 Å². The van der Waals surface area contributed by atoms with Gasteiger partial charge in [-0.05, 0) is 126 Å². The Labute approximate surface area is 292 Å². The summed E-state index contributed by atoms with van der Waals surface area (Å²) in [5, 5.41) is 8.33. The van der Waals surface area contributed by atoms with Gasteiger partial charge >= 0.3 is 0 Å². The Morgan fingerprint density at radius 2 is 1.14 bits per heavy atom. The van der Waals surface area contributed by atoms with Crippen LogP contribution in [0.25, 0.3) is 32.3 Å². The van der Waals surface area contributed by atoms with Crippen molar-refractivity contribution in [3.05, 3.63) is 108 Å². The van der Waals surface area contributed by atoms with Crippen molar-refractivity contribution >= 4 is 55.1 Å². The van der Waals surface area contributed by atoms with Crippen molar-refractivity contribution in [2.75, 3.05) is 9.80 Å².